The van der Waals surface area contributed by atoms with E-state index in [1.165, 1.54) is 12.4 Å². The molecular formula is C28H29Cl2N3O4S2. The Kier molecular flexibility index (Phi) is 8.81. The fourth-order valence-corrected chi connectivity index (χ4v) is 9.08. The minimum absolute atomic E-state index is 0.0704. The number of carboxylic acids is 1. The minimum Gasteiger partial charge on any atom is -0.480 e. The number of carboxylic acid groups (broad SMARTS) is 1. The molecule has 1 spiro atoms. The number of amides is 1. The van der Waals surface area contributed by atoms with E-state index in [1.807, 2.05) is 0 Å². The quantitative estimate of drug-likeness (QED) is 0.326. The van der Waals surface area contributed by atoms with Crippen molar-refractivity contribution in [3.05, 3.63) is 69.1 Å². The number of benzene rings is 1. The number of thioether (sulfide) groups is 2. The van der Waals surface area contributed by atoms with Crippen LogP contribution in [0.15, 0.2) is 47.9 Å². The second-order valence-electron chi connectivity index (χ2n) is 10.1. The van der Waals surface area contributed by atoms with E-state index in [2.05, 4.69) is 15.6 Å². The van der Waals surface area contributed by atoms with E-state index >= 15 is 0 Å². The summed E-state index contributed by atoms with van der Waals surface area (Å²) in [6.45, 7) is 0. The lowest BCUT2D eigenvalue weighted by atomic mass is 9.59. The largest absolute Gasteiger partial charge is 0.480 e. The molecular weight excluding hydrogens is 577 g/mol. The van der Waals surface area contributed by atoms with Crippen LogP contribution in [0.3, 0.4) is 0 Å². The summed E-state index contributed by atoms with van der Waals surface area (Å²) in [6, 6.07) is 6.12. The van der Waals surface area contributed by atoms with Crippen molar-refractivity contribution in [1.29, 1.82) is 0 Å². The molecule has 2 aliphatic carbocycles. The van der Waals surface area contributed by atoms with Crippen LogP contribution >= 0.6 is 46.7 Å². The van der Waals surface area contributed by atoms with E-state index < -0.39 is 23.3 Å². The predicted octanol–water partition coefficient (Wildman–Crippen LogP) is 6.21. The second-order valence-corrected chi connectivity index (χ2v) is 13.6. The van der Waals surface area contributed by atoms with Gasteiger partial charge in [-0.3, -0.25) is 14.6 Å². The van der Waals surface area contributed by atoms with E-state index in [-0.39, 0.29) is 32.4 Å². The van der Waals surface area contributed by atoms with Gasteiger partial charge in [0.15, 0.2) is 5.78 Å². The van der Waals surface area contributed by atoms with Crippen molar-refractivity contribution in [3.8, 4) is 0 Å². The van der Waals surface area contributed by atoms with Crippen molar-refractivity contribution < 1.29 is 19.5 Å². The van der Waals surface area contributed by atoms with Crippen LogP contribution in [0, 0.1) is 5.41 Å². The summed E-state index contributed by atoms with van der Waals surface area (Å²) < 4.78 is 0.0704. The molecule has 2 aromatic rings. The lowest BCUT2D eigenvalue weighted by Gasteiger charge is -2.49. The molecule has 1 aromatic carbocycles. The molecule has 2 heterocycles. The van der Waals surface area contributed by atoms with Crippen LogP contribution in [0.25, 0.3) is 0 Å². The molecule has 0 radical (unpaired) electrons. The Balaban J connectivity index is 1.32. The van der Waals surface area contributed by atoms with Crippen LogP contribution in [-0.4, -0.2) is 49.9 Å². The normalized spacial score (nSPS) is 19.9. The zero-order valence-corrected chi connectivity index (χ0v) is 24.3. The number of hydrogen-bond acceptors (Lipinski definition) is 7. The topological polar surface area (TPSA) is 108 Å². The molecule has 206 valence electrons. The van der Waals surface area contributed by atoms with Crippen molar-refractivity contribution in [2.24, 2.45) is 5.41 Å². The van der Waals surface area contributed by atoms with Gasteiger partial charge in [-0.1, -0.05) is 54.6 Å². The van der Waals surface area contributed by atoms with Crippen LogP contribution < -0.4 is 10.6 Å². The average Bonchev–Trinajstić information content (AvgIpc) is 2.94. The molecule has 5 rings (SSSR count). The van der Waals surface area contributed by atoms with Gasteiger partial charge < -0.3 is 15.7 Å². The number of nitrogens with zero attached hydrogens (tertiary/aromatic N) is 1. The van der Waals surface area contributed by atoms with Crippen molar-refractivity contribution >= 4 is 70.1 Å². The van der Waals surface area contributed by atoms with Crippen molar-refractivity contribution in [2.45, 2.75) is 55.6 Å². The Morgan fingerprint density at radius 3 is 2.28 bits per heavy atom. The van der Waals surface area contributed by atoms with Gasteiger partial charge in [0.2, 0.25) is 0 Å². The lowest BCUT2D eigenvalue weighted by Crippen LogP contribution is -2.56. The Morgan fingerprint density at radius 2 is 1.67 bits per heavy atom. The third-order valence-corrected chi connectivity index (χ3v) is 11.1. The highest BCUT2D eigenvalue weighted by Gasteiger charge is 2.56. The number of ketones is 1. The second kappa shape index (κ2) is 12.1. The Bertz CT molecular complexity index is 1290. The van der Waals surface area contributed by atoms with Gasteiger partial charge in [0.05, 0.1) is 25.6 Å². The van der Waals surface area contributed by atoms with Gasteiger partial charge in [0, 0.05) is 35.8 Å². The Hall–Kier alpha value is -2.20. The van der Waals surface area contributed by atoms with Crippen molar-refractivity contribution in [2.75, 3.05) is 16.8 Å². The number of rotatable bonds is 8. The number of carbonyl (C=O) groups is 3. The summed E-state index contributed by atoms with van der Waals surface area (Å²) in [4.78, 5) is 42.4. The fourth-order valence-electron chi connectivity index (χ4n) is 5.56. The summed E-state index contributed by atoms with van der Waals surface area (Å²) in [5.74, 6) is 0.820. The number of aromatic nitrogens is 1. The predicted molar refractivity (Wildman–Crippen MR) is 158 cm³/mol. The summed E-state index contributed by atoms with van der Waals surface area (Å²) in [7, 11) is 0. The van der Waals surface area contributed by atoms with Gasteiger partial charge in [0.1, 0.15) is 6.04 Å². The summed E-state index contributed by atoms with van der Waals surface area (Å²) >= 11 is 15.8. The molecule has 1 amide bonds. The van der Waals surface area contributed by atoms with Crippen LogP contribution in [0.2, 0.25) is 10.0 Å². The molecule has 1 aliphatic heterocycles. The monoisotopic (exact) mass is 605 g/mol. The first kappa shape index (κ1) is 28.3. The first-order chi connectivity index (χ1) is 18.8. The number of nitrogens with one attached hydrogen (secondary N) is 2. The number of anilines is 1. The summed E-state index contributed by atoms with van der Waals surface area (Å²) in [5.41, 5.74) is 2.56. The number of aliphatic carboxylic acids is 1. The third kappa shape index (κ3) is 5.82. The van der Waals surface area contributed by atoms with Gasteiger partial charge >= 0.3 is 5.97 Å². The maximum atomic E-state index is 13.5. The highest BCUT2D eigenvalue weighted by Crippen LogP contribution is 2.56. The molecule has 11 heteroatoms. The van der Waals surface area contributed by atoms with Crippen LogP contribution in [-0.2, 0) is 16.0 Å². The maximum Gasteiger partial charge on any atom is 0.326 e. The van der Waals surface area contributed by atoms with Gasteiger partial charge in [-0.15, -0.1) is 23.5 Å². The first-order valence-electron chi connectivity index (χ1n) is 13.0. The standard InChI is InChI=1S/C28H29Cl2N3O4S2/c29-18-14-31-15-19(30)21(18)25(35)32-17-7-5-16(6-8-17)13-20(26(36)37)33-23-22(27-38-11-4-12-39-27)24(34)28(23)9-2-1-3-10-28/h5-8,14-15,20,27,33H,1-4,9-13H2,(H,32,35)(H,36,37)/t20-/m0/s1. The SMILES string of the molecule is O=C(Nc1ccc(C[C@H](NC2=C(C3SCCCS3)C(=O)C23CCCCC3)C(=O)O)cc1)c1c(Cl)cncc1Cl. The first-order valence-corrected chi connectivity index (χ1v) is 15.9. The van der Waals surface area contributed by atoms with Crippen molar-refractivity contribution in [1.82, 2.24) is 10.3 Å². The molecule has 7 nitrogen and oxygen atoms in total. The van der Waals surface area contributed by atoms with E-state index in [4.69, 9.17) is 23.2 Å². The fraction of sp³-hybridized carbons (Fsp3) is 0.429. The number of allylic oxidation sites excluding steroid dienone is 1. The Labute approximate surface area is 245 Å². The minimum atomic E-state index is -0.963. The number of hydrogen-bond donors (Lipinski definition) is 3. The highest BCUT2D eigenvalue weighted by atomic mass is 35.5. The van der Waals surface area contributed by atoms with Crippen molar-refractivity contribution in [3.63, 3.8) is 0 Å². The molecule has 1 atom stereocenters. The number of halogens is 2. The molecule has 1 aromatic heterocycles. The molecule has 1 saturated heterocycles. The zero-order chi connectivity index (χ0) is 27.6. The number of Topliss-reactive ketones (excluding diaryl/α,β-unsaturated/α-hetero) is 1. The highest BCUT2D eigenvalue weighted by molar-refractivity contribution is 8.17. The van der Waals surface area contributed by atoms with Gasteiger partial charge in [-0.05, 0) is 48.5 Å². The van der Waals surface area contributed by atoms with E-state index in [0.717, 1.165) is 66.9 Å². The number of pyridine rings is 1. The summed E-state index contributed by atoms with van der Waals surface area (Å²) in [6.07, 6.45) is 8.70. The van der Waals surface area contributed by atoms with Gasteiger partial charge in [-0.2, -0.15) is 0 Å². The maximum absolute atomic E-state index is 13.5. The molecule has 3 N–H and O–H groups in total. The Morgan fingerprint density at radius 1 is 1.03 bits per heavy atom. The zero-order valence-electron chi connectivity index (χ0n) is 21.2. The van der Waals surface area contributed by atoms with Crippen LogP contribution in [0.4, 0.5) is 5.69 Å². The lowest BCUT2D eigenvalue weighted by molar-refractivity contribution is -0.140. The van der Waals surface area contributed by atoms with E-state index in [1.54, 1.807) is 47.8 Å². The van der Waals surface area contributed by atoms with Crippen LogP contribution in [0.5, 0.6) is 0 Å². The molecule has 1 saturated carbocycles. The van der Waals surface area contributed by atoms with Crippen LogP contribution in [0.1, 0.15) is 54.4 Å². The third-order valence-electron chi connectivity index (χ3n) is 7.55. The van der Waals surface area contributed by atoms with E-state index in [0.29, 0.717) is 5.69 Å². The van der Waals surface area contributed by atoms with Gasteiger partial charge in [-0.25, -0.2) is 4.79 Å². The molecule has 0 bridgehead atoms. The molecule has 2 fully saturated rings. The molecule has 39 heavy (non-hydrogen) atoms. The van der Waals surface area contributed by atoms with E-state index in [9.17, 15) is 19.5 Å². The molecule has 0 unspecified atom stereocenters. The smallest absolute Gasteiger partial charge is 0.326 e. The molecule has 3 aliphatic rings. The average molecular weight is 607 g/mol. The van der Waals surface area contributed by atoms with Gasteiger partial charge in [0.25, 0.3) is 5.91 Å². The summed E-state index contributed by atoms with van der Waals surface area (Å²) in [5, 5.41) is 16.5. The number of carbonyl (C=O) groups excluding carboxylic acids is 2.